The van der Waals surface area contributed by atoms with Gasteiger partial charge in [-0.25, -0.2) is 0 Å². The van der Waals surface area contributed by atoms with Crippen LogP contribution in [0.5, 0.6) is 5.75 Å². The first kappa shape index (κ1) is 15.6. The van der Waals surface area contributed by atoms with Gasteiger partial charge in [0.15, 0.2) is 0 Å². The van der Waals surface area contributed by atoms with Crippen LogP contribution in [0.1, 0.15) is 19.3 Å². The van der Waals surface area contributed by atoms with E-state index in [0.29, 0.717) is 18.0 Å². The number of nitrogens with two attached hydrogens (primary N) is 2. The quantitative estimate of drug-likeness (QED) is 0.657. The van der Waals surface area contributed by atoms with E-state index in [9.17, 15) is 9.90 Å². The van der Waals surface area contributed by atoms with Crippen molar-refractivity contribution in [1.29, 1.82) is 0 Å². The Morgan fingerprint density at radius 3 is 2.90 bits per heavy atom. The summed E-state index contributed by atoms with van der Waals surface area (Å²) in [5.74, 6) is 0.233. The molecule has 2 unspecified atom stereocenters. The van der Waals surface area contributed by atoms with Gasteiger partial charge in [-0.1, -0.05) is 18.6 Å². The van der Waals surface area contributed by atoms with Crippen LogP contribution < -0.4 is 16.2 Å². The van der Waals surface area contributed by atoms with Gasteiger partial charge in [-0.15, -0.1) is 0 Å². The number of nitrogens with zero attached hydrogens (tertiary/aromatic N) is 1. The Bertz CT molecular complexity index is 481. The molecule has 6 heteroatoms. The van der Waals surface area contributed by atoms with Crippen LogP contribution in [-0.4, -0.2) is 47.8 Å². The summed E-state index contributed by atoms with van der Waals surface area (Å²) < 4.78 is 5.52. The fourth-order valence-corrected chi connectivity index (χ4v) is 2.65. The number of para-hydroxylation sites is 2. The molecule has 1 fully saturated rings. The molecule has 1 aromatic carbocycles. The van der Waals surface area contributed by atoms with E-state index in [4.69, 9.17) is 16.2 Å². The zero-order chi connectivity index (χ0) is 15.2. The monoisotopic (exact) mass is 293 g/mol. The average molecular weight is 293 g/mol. The second-order valence-corrected chi connectivity index (χ2v) is 5.41. The van der Waals surface area contributed by atoms with Gasteiger partial charge in [0, 0.05) is 6.54 Å². The van der Waals surface area contributed by atoms with Gasteiger partial charge in [-0.2, -0.15) is 0 Å². The number of anilines is 1. The van der Waals surface area contributed by atoms with Crippen LogP contribution in [0.15, 0.2) is 24.3 Å². The van der Waals surface area contributed by atoms with E-state index < -0.39 is 6.10 Å². The van der Waals surface area contributed by atoms with Crippen LogP contribution in [0, 0.1) is 0 Å². The number of aliphatic hydroxyl groups excluding tert-OH is 1. The molecule has 0 aromatic heterocycles. The molecule has 1 aromatic rings. The van der Waals surface area contributed by atoms with Crippen LogP contribution in [0.3, 0.4) is 0 Å². The Labute approximate surface area is 124 Å². The number of β-amino-alcohol motifs (C(OH)–C–C–N with tert-alkyl or cyclic N) is 1. The molecule has 0 radical (unpaired) electrons. The number of hydrogen-bond donors (Lipinski definition) is 3. The summed E-state index contributed by atoms with van der Waals surface area (Å²) in [6.07, 6.45) is 2.08. The molecule has 21 heavy (non-hydrogen) atoms. The van der Waals surface area contributed by atoms with Crippen molar-refractivity contribution in [3.63, 3.8) is 0 Å². The number of likely N-dealkylation sites (tertiary alicyclic amines) is 1. The highest BCUT2D eigenvalue weighted by Gasteiger charge is 2.28. The van der Waals surface area contributed by atoms with Crippen LogP contribution in [0.4, 0.5) is 5.69 Å². The van der Waals surface area contributed by atoms with E-state index in [2.05, 4.69) is 0 Å². The highest BCUT2D eigenvalue weighted by molar-refractivity contribution is 5.79. The summed E-state index contributed by atoms with van der Waals surface area (Å²) in [6.45, 7) is 1.29. The standard InChI is InChI=1S/C15H23N3O3/c16-12-5-1-2-7-14(12)21-10-11(19)9-18-8-4-3-6-13(18)15(17)20/h1-2,5,7,11,13,19H,3-4,6,8-10,16H2,(H2,17,20). The van der Waals surface area contributed by atoms with E-state index in [-0.39, 0.29) is 18.6 Å². The van der Waals surface area contributed by atoms with E-state index in [1.54, 1.807) is 12.1 Å². The Hall–Kier alpha value is -1.79. The Kier molecular flexibility index (Phi) is 5.41. The second kappa shape index (κ2) is 7.28. The number of piperidine rings is 1. The van der Waals surface area contributed by atoms with Gasteiger partial charge in [0.05, 0.1) is 11.7 Å². The molecule has 2 atom stereocenters. The molecule has 0 spiro atoms. The highest BCUT2D eigenvalue weighted by atomic mass is 16.5. The van der Waals surface area contributed by atoms with Gasteiger partial charge >= 0.3 is 0 Å². The van der Waals surface area contributed by atoms with E-state index in [0.717, 1.165) is 25.8 Å². The minimum Gasteiger partial charge on any atom is -0.489 e. The predicted molar refractivity (Wildman–Crippen MR) is 80.8 cm³/mol. The molecular weight excluding hydrogens is 270 g/mol. The van der Waals surface area contributed by atoms with Crippen LogP contribution >= 0.6 is 0 Å². The van der Waals surface area contributed by atoms with Crippen molar-refractivity contribution in [2.45, 2.75) is 31.4 Å². The summed E-state index contributed by atoms with van der Waals surface area (Å²) >= 11 is 0. The van der Waals surface area contributed by atoms with Gasteiger partial charge in [0.25, 0.3) is 0 Å². The molecular formula is C15H23N3O3. The topological polar surface area (TPSA) is 102 Å². The zero-order valence-electron chi connectivity index (χ0n) is 12.1. The van der Waals surface area contributed by atoms with Crippen LogP contribution in [0.25, 0.3) is 0 Å². The third-order valence-electron chi connectivity index (χ3n) is 3.74. The zero-order valence-corrected chi connectivity index (χ0v) is 12.1. The summed E-state index contributed by atoms with van der Waals surface area (Å²) in [5.41, 5.74) is 11.7. The smallest absolute Gasteiger partial charge is 0.234 e. The second-order valence-electron chi connectivity index (χ2n) is 5.41. The fraction of sp³-hybridized carbons (Fsp3) is 0.533. The van der Waals surface area contributed by atoms with Gasteiger partial charge in [0.2, 0.25) is 5.91 Å². The minimum atomic E-state index is -0.690. The van der Waals surface area contributed by atoms with Crippen molar-refractivity contribution < 1.29 is 14.6 Å². The van der Waals surface area contributed by atoms with E-state index in [1.165, 1.54) is 0 Å². The molecule has 5 N–H and O–H groups in total. The van der Waals surface area contributed by atoms with Crippen molar-refractivity contribution in [3.8, 4) is 5.75 Å². The largest absolute Gasteiger partial charge is 0.489 e. The molecule has 0 bridgehead atoms. The summed E-state index contributed by atoms with van der Waals surface area (Å²) in [7, 11) is 0. The third-order valence-corrected chi connectivity index (χ3v) is 3.74. The molecule has 0 saturated carbocycles. The van der Waals surface area contributed by atoms with Crippen molar-refractivity contribution in [3.05, 3.63) is 24.3 Å². The van der Waals surface area contributed by atoms with Crippen LogP contribution in [0.2, 0.25) is 0 Å². The lowest BCUT2D eigenvalue weighted by atomic mass is 10.0. The number of amides is 1. The number of carbonyl (C=O) groups is 1. The Balaban J connectivity index is 1.84. The molecule has 116 valence electrons. The van der Waals surface area contributed by atoms with Crippen LogP contribution in [-0.2, 0) is 4.79 Å². The minimum absolute atomic E-state index is 0.135. The molecule has 0 aliphatic carbocycles. The molecule has 1 aliphatic rings. The first-order valence-corrected chi connectivity index (χ1v) is 7.26. The van der Waals surface area contributed by atoms with E-state index >= 15 is 0 Å². The van der Waals surface area contributed by atoms with Crippen molar-refractivity contribution >= 4 is 11.6 Å². The first-order valence-electron chi connectivity index (χ1n) is 7.26. The third kappa shape index (κ3) is 4.34. The lowest BCUT2D eigenvalue weighted by molar-refractivity contribution is -0.125. The molecule has 2 rings (SSSR count). The number of nitrogen functional groups attached to an aromatic ring is 1. The maximum atomic E-state index is 11.4. The number of aliphatic hydroxyl groups is 1. The average Bonchev–Trinajstić information content (AvgIpc) is 2.47. The first-order chi connectivity index (χ1) is 10.1. The maximum Gasteiger partial charge on any atom is 0.234 e. The fourth-order valence-electron chi connectivity index (χ4n) is 2.65. The predicted octanol–water partition coefficient (Wildman–Crippen LogP) is 0.348. The molecule has 1 heterocycles. The van der Waals surface area contributed by atoms with Gasteiger partial charge in [0.1, 0.15) is 18.5 Å². The van der Waals surface area contributed by atoms with Gasteiger partial charge < -0.3 is 21.3 Å². The van der Waals surface area contributed by atoms with Crippen molar-refractivity contribution in [2.24, 2.45) is 5.73 Å². The van der Waals surface area contributed by atoms with Crippen molar-refractivity contribution in [2.75, 3.05) is 25.4 Å². The number of carbonyl (C=O) groups excluding carboxylic acids is 1. The molecule has 1 aliphatic heterocycles. The number of benzene rings is 1. The lowest BCUT2D eigenvalue weighted by Crippen LogP contribution is -2.50. The lowest BCUT2D eigenvalue weighted by Gasteiger charge is -2.34. The maximum absolute atomic E-state index is 11.4. The summed E-state index contributed by atoms with van der Waals surface area (Å²) in [6, 6.07) is 6.87. The normalized spacial score (nSPS) is 20.9. The molecule has 1 amide bonds. The number of primary amides is 1. The highest BCUT2D eigenvalue weighted by Crippen LogP contribution is 2.20. The number of rotatable bonds is 6. The number of ether oxygens (including phenoxy) is 1. The Morgan fingerprint density at radius 1 is 1.43 bits per heavy atom. The van der Waals surface area contributed by atoms with Gasteiger partial charge in [-0.05, 0) is 31.5 Å². The molecule has 6 nitrogen and oxygen atoms in total. The Morgan fingerprint density at radius 2 is 2.19 bits per heavy atom. The van der Waals surface area contributed by atoms with Gasteiger partial charge in [-0.3, -0.25) is 9.69 Å². The van der Waals surface area contributed by atoms with Crippen molar-refractivity contribution in [1.82, 2.24) is 4.90 Å². The molecule has 1 saturated heterocycles. The summed E-state index contributed by atoms with van der Waals surface area (Å²) in [4.78, 5) is 13.4. The summed E-state index contributed by atoms with van der Waals surface area (Å²) in [5, 5.41) is 10.1. The number of hydrogen-bond acceptors (Lipinski definition) is 5. The van der Waals surface area contributed by atoms with E-state index in [1.807, 2.05) is 17.0 Å². The SMILES string of the molecule is NC(=O)C1CCCCN1CC(O)COc1ccccc1N.